The first-order valence-corrected chi connectivity index (χ1v) is 9.50. The van der Waals surface area contributed by atoms with Crippen molar-refractivity contribution in [1.82, 2.24) is 14.7 Å². The molecule has 0 aliphatic carbocycles. The molecule has 0 saturated carbocycles. The Labute approximate surface area is 163 Å². The van der Waals surface area contributed by atoms with Crippen molar-refractivity contribution in [2.45, 2.75) is 25.7 Å². The number of hydrogen-bond donors (Lipinski definition) is 0. The number of aryl methyl sites for hydroxylation is 1. The summed E-state index contributed by atoms with van der Waals surface area (Å²) in [5.74, 6) is 1.07. The summed E-state index contributed by atoms with van der Waals surface area (Å²) in [6, 6.07) is 17.8. The van der Waals surface area contributed by atoms with Crippen LogP contribution in [-0.2, 0) is 6.54 Å². The number of aromatic nitrogens is 2. The molecule has 2 aliphatic rings. The third-order valence-corrected chi connectivity index (χ3v) is 5.61. The van der Waals surface area contributed by atoms with Gasteiger partial charge in [0.1, 0.15) is 5.15 Å². The Hall–Kier alpha value is -2.50. The molecule has 0 N–H and O–H groups in total. The molecule has 138 valence electrons. The molecule has 3 heterocycles. The first-order valence-electron chi connectivity index (χ1n) is 9.12. The van der Waals surface area contributed by atoms with Crippen molar-refractivity contribution in [2.75, 3.05) is 13.1 Å². The van der Waals surface area contributed by atoms with Gasteiger partial charge in [-0.15, -0.1) is 0 Å². The van der Waals surface area contributed by atoms with Crippen LogP contribution in [0.2, 0.25) is 5.15 Å². The van der Waals surface area contributed by atoms with Crippen LogP contribution in [0.3, 0.4) is 0 Å². The molecule has 1 spiro atoms. The average Bonchev–Trinajstić information content (AvgIpc) is 3.33. The Bertz CT molecular complexity index is 961. The van der Waals surface area contributed by atoms with Gasteiger partial charge in [-0.05, 0) is 31.2 Å². The van der Waals surface area contributed by atoms with Gasteiger partial charge in [0.2, 0.25) is 0 Å². The third kappa shape index (κ3) is 2.87. The van der Waals surface area contributed by atoms with E-state index in [-0.39, 0.29) is 0 Å². The summed E-state index contributed by atoms with van der Waals surface area (Å²) in [7, 11) is 0. The lowest BCUT2D eigenvalue weighted by Gasteiger charge is -2.23. The van der Waals surface area contributed by atoms with Crippen LogP contribution >= 0.6 is 11.6 Å². The van der Waals surface area contributed by atoms with Crippen molar-refractivity contribution >= 4 is 11.6 Å². The van der Waals surface area contributed by atoms with Crippen LogP contribution in [0.25, 0.3) is 5.69 Å². The van der Waals surface area contributed by atoms with Crippen LogP contribution < -0.4 is 9.47 Å². The van der Waals surface area contributed by atoms with Gasteiger partial charge >= 0.3 is 0 Å². The van der Waals surface area contributed by atoms with E-state index >= 15 is 0 Å². The number of nitrogens with zero attached hydrogens (tertiary/aromatic N) is 3. The van der Waals surface area contributed by atoms with Gasteiger partial charge in [-0.2, -0.15) is 5.10 Å². The van der Waals surface area contributed by atoms with Crippen LogP contribution in [0.15, 0.2) is 54.6 Å². The van der Waals surface area contributed by atoms with Gasteiger partial charge < -0.3 is 9.47 Å². The molecular formula is C21H20ClN3O2. The molecule has 2 aromatic carbocycles. The van der Waals surface area contributed by atoms with E-state index in [1.807, 2.05) is 61.5 Å². The summed E-state index contributed by atoms with van der Waals surface area (Å²) in [4.78, 5) is 2.32. The molecule has 0 bridgehead atoms. The van der Waals surface area contributed by atoms with Gasteiger partial charge in [-0.1, -0.05) is 41.9 Å². The summed E-state index contributed by atoms with van der Waals surface area (Å²) in [5.41, 5.74) is 2.96. The number of rotatable bonds is 3. The van der Waals surface area contributed by atoms with Crippen molar-refractivity contribution < 1.29 is 9.47 Å². The highest BCUT2D eigenvalue weighted by atomic mass is 35.5. The number of hydrogen-bond acceptors (Lipinski definition) is 4. The summed E-state index contributed by atoms with van der Waals surface area (Å²) in [5, 5.41) is 5.30. The zero-order chi connectivity index (χ0) is 18.4. The second-order valence-electron chi connectivity index (χ2n) is 7.12. The molecule has 1 aromatic heterocycles. The van der Waals surface area contributed by atoms with Crippen LogP contribution in [0.4, 0.5) is 0 Å². The van der Waals surface area contributed by atoms with Gasteiger partial charge in [0.25, 0.3) is 5.79 Å². The first-order chi connectivity index (χ1) is 13.1. The number of likely N-dealkylation sites (tertiary alicyclic amines) is 1. The fourth-order valence-corrected chi connectivity index (χ4v) is 4.18. The van der Waals surface area contributed by atoms with E-state index in [0.29, 0.717) is 11.7 Å². The zero-order valence-corrected chi connectivity index (χ0v) is 15.8. The smallest absolute Gasteiger partial charge is 0.265 e. The molecule has 0 amide bonds. The highest BCUT2D eigenvalue weighted by Gasteiger charge is 2.47. The molecule has 1 saturated heterocycles. The van der Waals surface area contributed by atoms with Gasteiger partial charge in [0.15, 0.2) is 11.5 Å². The van der Waals surface area contributed by atoms with E-state index in [1.165, 1.54) is 0 Å². The highest BCUT2D eigenvalue weighted by Crippen LogP contribution is 2.43. The van der Waals surface area contributed by atoms with E-state index in [9.17, 15) is 0 Å². The monoisotopic (exact) mass is 381 g/mol. The topological polar surface area (TPSA) is 39.5 Å². The summed E-state index contributed by atoms with van der Waals surface area (Å²) >= 11 is 6.68. The standard InChI is InChI=1S/C21H20ClN3O2/c1-15-17(20(22)25(23-15)16-7-3-2-4-8-16)13-24-12-11-21(14-24)26-18-9-5-6-10-19(18)27-21/h2-10H,11-14H2,1H3. The molecule has 0 atom stereocenters. The van der Waals surface area contributed by atoms with E-state index < -0.39 is 5.79 Å². The van der Waals surface area contributed by atoms with Crippen molar-refractivity contribution in [3.05, 3.63) is 71.0 Å². The Morgan fingerprint density at radius 3 is 2.41 bits per heavy atom. The average molecular weight is 382 g/mol. The predicted octanol–water partition coefficient (Wildman–Crippen LogP) is 4.21. The lowest BCUT2D eigenvalue weighted by Crippen LogP contribution is -2.41. The lowest BCUT2D eigenvalue weighted by atomic mass is 10.2. The minimum Gasteiger partial charge on any atom is -0.447 e. The van der Waals surface area contributed by atoms with Gasteiger partial charge in [0, 0.05) is 25.1 Å². The summed E-state index contributed by atoms with van der Waals surface area (Å²) in [6.07, 6.45) is 0.825. The zero-order valence-electron chi connectivity index (χ0n) is 15.1. The third-order valence-electron chi connectivity index (χ3n) is 5.22. The molecule has 0 radical (unpaired) electrons. The van der Waals surface area contributed by atoms with E-state index in [4.69, 9.17) is 21.1 Å². The fraction of sp³-hybridized carbons (Fsp3) is 0.286. The Balaban J connectivity index is 1.35. The second-order valence-corrected chi connectivity index (χ2v) is 7.48. The van der Waals surface area contributed by atoms with Crippen molar-refractivity contribution in [2.24, 2.45) is 0 Å². The molecular weight excluding hydrogens is 362 g/mol. The second kappa shape index (κ2) is 6.29. The van der Waals surface area contributed by atoms with E-state index in [1.54, 1.807) is 4.68 Å². The van der Waals surface area contributed by atoms with Crippen LogP contribution in [0.1, 0.15) is 17.7 Å². The number of benzene rings is 2. The molecule has 0 unspecified atom stereocenters. The largest absolute Gasteiger partial charge is 0.447 e. The Morgan fingerprint density at radius 2 is 1.70 bits per heavy atom. The maximum atomic E-state index is 6.68. The molecule has 2 aliphatic heterocycles. The quantitative estimate of drug-likeness (QED) is 0.681. The first kappa shape index (κ1) is 16.7. The Kier molecular flexibility index (Phi) is 3.88. The molecule has 5 nitrogen and oxygen atoms in total. The summed E-state index contributed by atoms with van der Waals surface area (Å²) in [6.45, 7) is 4.32. The van der Waals surface area contributed by atoms with E-state index in [0.717, 1.165) is 48.0 Å². The van der Waals surface area contributed by atoms with Crippen molar-refractivity contribution in [3.8, 4) is 17.2 Å². The summed E-state index contributed by atoms with van der Waals surface area (Å²) < 4.78 is 14.1. The molecule has 6 heteroatoms. The molecule has 5 rings (SSSR count). The number of fused-ring (bicyclic) bond motifs is 1. The maximum absolute atomic E-state index is 6.68. The van der Waals surface area contributed by atoms with Gasteiger partial charge in [0.05, 0.1) is 17.9 Å². The number of ether oxygens (including phenoxy) is 2. The normalized spacial score (nSPS) is 17.7. The minimum absolute atomic E-state index is 0.584. The number of para-hydroxylation sites is 3. The SMILES string of the molecule is Cc1nn(-c2ccccc2)c(Cl)c1CN1CCC2(C1)Oc1ccccc1O2. The minimum atomic E-state index is -0.584. The van der Waals surface area contributed by atoms with Crippen LogP contribution in [-0.4, -0.2) is 33.6 Å². The number of halogens is 1. The van der Waals surface area contributed by atoms with Gasteiger partial charge in [-0.25, -0.2) is 4.68 Å². The lowest BCUT2D eigenvalue weighted by molar-refractivity contribution is -0.0678. The van der Waals surface area contributed by atoms with Crippen LogP contribution in [0.5, 0.6) is 11.5 Å². The van der Waals surface area contributed by atoms with Gasteiger partial charge in [-0.3, -0.25) is 4.90 Å². The molecule has 27 heavy (non-hydrogen) atoms. The van der Waals surface area contributed by atoms with Crippen molar-refractivity contribution in [3.63, 3.8) is 0 Å². The Morgan fingerprint density at radius 1 is 1.04 bits per heavy atom. The molecule has 3 aromatic rings. The van der Waals surface area contributed by atoms with E-state index in [2.05, 4.69) is 10.00 Å². The molecule has 1 fully saturated rings. The van der Waals surface area contributed by atoms with Crippen LogP contribution in [0, 0.1) is 6.92 Å². The predicted molar refractivity (Wildman–Crippen MR) is 104 cm³/mol. The highest BCUT2D eigenvalue weighted by molar-refractivity contribution is 6.30. The maximum Gasteiger partial charge on any atom is 0.265 e. The fourth-order valence-electron chi connectivity index (χ4n) is 3.84. The van der Waals surface area contributed by atoms with Crippen molar-refractivity contribution in [1.29, 1.82) is 0 Å².